The molecule has 0 unspecified atom stereocenters. The molecule has 32 heavy (non-hydrogen) atoms. The Kier molecular flexibility index (Phi) is 5.94. The Morgan fingerprint density at radius 1 is 1.25 bits per heavy atom. The number of benzene rings is 1. The van der Waals surface area contributed by atoms with Crippen molar-refractivity contribution in [2.75, 3.05) is 13.1 Å². The second-order valence-corrected chi connectivity index (χ2v) is 8.02. The lowest BCUT2D eigenvalue weighted by atomic mass is 9.88. The number of nitrogens with one attached hydrogen (secondary N) is 1. The molecule has 1 aromatic carbocycles. The molecule has 2 N–H and O–H groups in total. The maximum absolute atomic E-state index is 13.4. The maximum atomic E-state index is 13.4. The Morgan fingerprint density at radius 2 is 2.00 bits per heavy atom. The first kappa shape index (κ1) is 21.9. The zero-order valence-corrected chi connectivity index (χ0v) is 17.6. The number of likely N-dealkylation sites (tertiary alicyclic amines) is 1. The van der Waals surface area contributed by atoms with Gasteiger partial charge >= 0.3 is 5.69 Å². The second-order valence-electron chi connectivity index (χ2n) is 7.61. The van der Waals surface area contributed by atoms with Crippen molar-refractivity contribution < 1.29 is 14.3 Å². The third kappa shape index (κ3) is 4.48. The fourth-order valence-corrected chi connectivity index (χ4v) is 3.78. The number of aromatic nitrogens is 5. The lowest BCUT2D eigenvalue weighted by Gasteiger charge is -2.37. The predicted octanol–water partition coefficient (Wildman–Crippen LogP) is 0.810. The summed E-state index contributed by atoms with van der Waals surface area (Å²) < 4.78 is 16.0. The summed E-state index contributed by atoms with van der Waals surface area (Å²) in [7, 11) is 0. The summed E-state index contributed by atoms with van der Waals surface area (Å²) in [5.74, 6) is -0.702. The first-order valence-corrected chi connectivity index (χ1v) is 10.3. The van der Waals surface area contributed by atoms with Crippen molar-refractivity contribution in [3.8, 4) is 5.69 Å². The van der Waals surface area contributed by atoms with Crippen LogP contribution < -0.4 is 11.2 Å². The van der Waals surface area contributed by atoms with Gasteiger partial charge in [-0.25, -0.2) is 13.9 Å². The number of nitrogens with zero attached hydrogens (tertiary/aromatic N) is 5. The quantitative estimate of drug-likeness (QED) is 0.578. The number of amides is 1. The van der Waals surface area contributed by atoms with Gasteiger partial charge < -0.3 is 14.6 Å². The molecule has 1 aliphatic heterocycles. The lowest BCUT2D eigenvalue weighted by molar-refractivity contribution is -0.136. The van der Waals surface area contributed by atoms with E-state index in [1.165, 1.54) is 39.7 Å². The molecule has 0 atom stereocenters. The highest BCUT2D eigenvalue weighted by Gasteiger charge is 2.37. The molecule has 4 rings (SSSR count). The number of piperidine rings is 1. The van der Waals surface area contributed by atoms with Gasteiger partial charge in [0.1, 0.15) is 17.1 Å². The minimum atomic E-state index is -1.26. The molecule has 1 aliphatic rings. The standard InChI is InChI=1S/C20H20ClFN6O4/c21-14-11-13(1-2-15(14)22)28-12-16(24-25-28)20(32)5-9-26(10-6-20)18(30)4-8-27-7-3-17(29)23-19(27)31/h1-3,7,11-12,32H,4-6,8-10H2,(H,23,29,31). The molecule has 0 saturated carbocycles. The van der Waals surface area contributed by atoms with Crippen LogP contribution >= 0.6 is 11.6 Å². The average Bonchev–Trinajstić information content (AvgIpc) is 3.27. The number of halogens is 2. The third-order valence-corrected chi connectivity index (χ3v) is 5.83. The Bertz CT molecular complexity index is 1260. The lowest BCUT2D eigenvalue weighted by Crippen LogP contribution is -2.45. The molecule has 0 bridgehead atoms. The third-order valence-electron chi connectivity index (χ3n) is 5.54. The van der Waals surface area contributed by atoms with E-state index in [0.29, 0.717) is 24.5 Å². The van der Waals surface area contributed by atoms with Gasteiger partial charge in [-0.05, 0) is 31.0 Å². The van der Waals surface area contributed by atoms with Gasteiger partial charge in [-0.3, -0.25) is 14.6 Å². The Hall–Kier alpha value is -3.31. The van der Waals surface area contributed by atoms with Crippen LogP contribution in [0.25, 0.3) is 5.69 Å². The number of hydrogen-bond acceptors (Lipinski definition) is 6. The molecule has 0 spiro atoms. The van der Waals surface area contributed by atoms with E-state index in [1.807, 2.05) is 0 Å². The minimum Gasteiger partial charge on any atom is -0.383 e. The van der Waals surface area contributed by atoms with E-state index < -0.39 is 22.7 Å². The van der Waals surface area contributed by atoms with E-state index >= 15 is 0 Å². The molecule has 0 radical (unpaired) electrons. The van der Waals surface area contributed by atoms with Crippen molar-refractivity contribution in [2.45, 2.75) is 31.4 Å². The van der Waals surface area contributed by atoms with Crippen molar-refractivity contribution >= 4 is 17.5 Å². The topological polar surface area (TPSA) is 126 Å². The highest BCUT2D eigenvalue weighted by atomic mass is 35.5. The van der Waals surface area contributed by atoms with Crippen LogP contribution in [0, 0.1) is 5.82 Å². The summed E-state index contributed by atoms with van der Waals surface area (Å²) in [6.07, 6.45) is 3.52. The van der Waals surface area contributed by atoms with Crippen LogP contribution in [0.15, 0.2) is 46.2 Å². The van der Waals surface area contributed by atoms with Crippen LogP contribution in [0.5, 0.6) is 0 Å². The van der Waals surface area contributed by atoms with E-state index in [9.17, 15) is 23.9 Å². The number of aryl methyl sites for hydroxylation is 1. The van der Waals surface area contributed by atoms with Crippen molar-refractivity contribution in [3.63, 3.8) is 0 Å². The first-order chi connectivity index (χ1) is 15.2. The fourth-order valence-electron chi connectivity index (χ4n) is 3.61. The minimum absolute atomic E-state index is 0.0470. The molecule has 12 heteroatoms. The van der Waals surface area contributed by atoms with E-state index in [2.05, 4.69) is 15.3 Å². The fraction of sp³-hybridized carbons (Fsp3) is 0.350. The van der Waals surface area contributed by atoms with E-state index in [0.717, 1.165) is 0 Å². The first-order valence-electron chi connectivity index (χ1n) is 9.93. The molecule has 1 amide bonds. The van der Waals surface area contributed by atoms with Crippen LogP contribution in [0.1, 0.15) is 25.0 Å². The van der Waals surface area contributed by atoms with Crippen LogP contribution in [0.2, 0.25) is 5.02 Å². The molecule has 3 aromatic rings. The number of H-pyrrole nitrogens is 1. The number of carbonyl (C=O) groups is 1. The molecule has 1 saturated heterocycles. The monoisotopic (exact) mass is 462 g/mol. The predicted molar refractivity (Wildman–Crippen MR) is 112 cm³/mol. The Labute approximate surface area is 185 Å². The Morgan fingerprint density at radius 3 is 2.69 bits per heavy atom. The number of carbonyl (C=O) groups excluding carboxylic acids is 1. The van der Waals surface area contributed by atoms with Crippen molar-refractivity contribution in [1.29, 1.82) is 0 Å². The van der Waals surface area contributed by atoms with Gasteiger partial charge in [0.05, 0.1) is 16.9 Å². The number of hydrogen-bond donors (Lipinski definition) is 2. The summed E-state index contributed by atoms with van der Waals surface area (Å²) in [6, 6.07) is 5.35. The molecule has 0 aliphatic carbocycles. The van der Waals surface area contributed by atoms with E-state index in [4.69, 9.17) is 11.6 Å². The van der Waals surface area contributed by atoms with Crippen LogP contribution in [-0.2, 0) is 16.9 Å². The maximum Gasteiger partial charge on any atom is 0.328 e. The molecule has 168 valence electrons. The molecule has 2 aromatic heterocycles. The van der Waals surface area contributed by atoms with E-state index in [1.54, 1.807) is 11.1 Å². The number of aliphatic hydroxyl groups is 1. The van der Waals surface area contributed by atoms with Crippen molar-refractivity contribution in [3.05, 3.63) is 74.0 Å². The SMILES string of the molecule is O=C(CCn1ccc(=O)[nH]c1=O)N1CCC(O)(c2cn(-c3ccc(F)c(Cl)c3)nn2)CC1. The zero-order valence-electron chi connectivity index (χ0n) is 16.9. The van der Waals surface area contributed by atoms with Gasteiger partial charge in [0.25, 0.3) is 5.56 Å². The summed E-state index contributed by atoms with van der Waals surface area (Å²) in [5, 5.41) is 19.1. The zero-order chi connectivity index (χ0) is 22.9. The van der Waals surface area contributed by atoms with Gasteiger partial charge in [-0.1, -0.05) is 16.8 Å². The van der Waals surface area contributed by atoms with Crippen molar-refractivity contribution in [2.24, 2.45) is 0 Å². The van der Waals surface area contributed by atoms with Crippen molar-refractivity contribution in [1.82, 2.24) is 29.4 Å². The van der Waals surface area contributed by atoms with Crippen LogP contribution in [-0.4, -0.2) is 53.5 Å². The number of aromatic amines is 1. The molecular weight excluding hydrogens is 443 g/mol. The molecular formula is C20H20ClFN6O4. The van der Waals surface area contributed by atoms with Gasteiger partial charge in [0, 0.05) is 38.3 Å². The summed E-state index contributed by atoms with van der Waals surface area (Å²) in [4.78, 5) is 39.1. The van der Waals surface area contributed by atoms with Gasteiger partial charge in [0.2, 0.25) is 5.91 Å². The van der Waals surface area contributed by atoms with Crippen LogP contribution in [0.3, 0.4) is 0 Å². The average molecular weight is 463 g/mol. The highest BCUT2D eigenvalue weighted by molar-refractivity contribution is 6.30. The van der Waals surface area contributed by atoms with Gasteiger partial charge in [-0.15, -0.1) is 5.10 Å². The molecule has 3 heterocycles. The smallest absolute Gasteiger partial charge is 0.328 e. The molecule has 10 nitrogen and oxygen atoms in total. The summed E-state index contributed by atoms with van der Waals surface area (Å²) in [6.45, 7) is 0.764. The van der Waals surface area contributed by atoms with Crippen LogP contribution in [0.4, 0.5) is 4.39 Å². The Balaban J connectivity index is 1.37. The van der Waals surface area contributed by atoms with Gasteiger partial charge in [0.15, 0.2) is 0 Å². The van der Waals surface area contributed by atoms with Gasteiger partial charge in [-0.2, -0.15) is 0 Å². The van der Waals surface area contributed by atoms with E-state index in [-0.39, 0.29) is 36.7 Å². The second kappa shape index (κ2) is 8.67. The number of rotatable bonds is 5. The summed E-state index contributed by atoms with van der Waals surface area (Å²) >= 11 is 5.81. The normalized spacial score (nSPS) is 15.7. The molecule has 1 fully saturated rings. The highest BCUT2D eigenvalue weighted by Crippen LogP contribution is 2.32. The largest absolute Gasteiger partial charge is 0.383 e. The summed E-state index contributed by atoms with van der Waals surface area (Å²) in [5.41, 5.74) is -1.46.